The summed E-state index contributed by atoms with van der Waals surface area (Å²) in [5.74, 6) is -0.210. The third-order valence-electron chi connectivity index (χ3n) is 2.08. The van der Waals surface area contributed by atoms with Gasteiger partial charge in [-0.15, -0.1) is 0 Å². The van der Waals surface area contributed by atoms with Crippen molar-refractivity contribution in [1.29, 1.82) is 0 Å². The highest BCUT2D eigenvalue weighted by Crippen LogP contribution is 2.28. The molecule has 0 radical (unpaired) electrons. The van der Waals surface area contributed by atoms with Crippen LogP contribution in [0.4, 0.5) is 4.39 Å². The van der Waals surface area contributed by atoms with Crippen LogP contribution in [-0.4, -0.2) is 5.78 Å². The minimum absolute atomic E-state index is 0.0777. The van der Waals surface area contributed by atoms with Crippen LogP contribution in [0.5, 0.6) is 0 Å². The van der Waals surface area contributed by atoms with E-state index >= 15 is 0 Å². The van der Waals surface area contributed by atoms with Crippen molar-refractivity contribution < 1.29 is 9.18 Å². The Morgan fingerprint density at radius 3 is 2.83 bits per heavy atom. The van der Waals surface area contributed by atoms with Crippen molar-refractivity contribution in [2.45, 2.75) is 12.8 Å². The van der Waals surface area contributed by atoms with Crippen LogP contribution in [0.3, 0.4) is 0 Å². The molecule has 0 heterocycles. The molecule has 1 aromatic carbocycles. The molecule has 0 unspecified atom stereocenters. The molecule has 2 rings (SSSR count). The molecule has 1 nitrogen and oxygen atoms in total. The maximum absolute atomic E-state index is 13.0. The lowest BCUT2D eigenvalue weighted by Gasteiger charge is -2.00. The van der Waals surface area contributed by atoms with Gasteiger partial charge in [0.15, 0.2) is 5.78 Å². The molecular weight excluding hydrogens is 270 g/mol. The zero-order valence-corrected chi connectivity index (χ0v) is 8.39. The van der Waals surface area contributed by atoms with E-state index in [9.17, 15) is 9.18 Å². The average molecular weight is 276 g/mol. The Hall–Kier alpha value is -0.450. The minimum Gasteiger partial charge on any atom is -0.294 e. The summed E-state index contributed by atoms with van der Waals surface area (Å²) in [6, 6.07) is 3.14. The summed E-state index contributed by atoms with van der Waals surface area (Å²) < 4.78 is 13.5. The van der Waals surface area contributed by atoms with Crippen molar-refractivity contribution in [2.24, 2.45) is 0 Å². The number of hydrogen-bond donors (Lipinski definition) is 0. The van der Waals surface area contributed by atoms with Crippen LogP contribution in [0.25, 0.3) is 0 Å². The zero-order valence-electron chi connectivity index (χ0n) is 6.23. The van der Waals surface area contributed by atoms with E-state index in [0.717, 1.165) is 12.0 Å². The molecule has 0 fully saturated rings. The van der Waals surface area contributed by atoms with Gasteiger partial charge in [-0.1, -0.05) is 6.07 Å². The summed E-state index contributed by atoms with van der Waals surface area (Å²) in [6.07, 6.45) is 1.30. The molecule has 0 bridgehead atoms. The first-order chi connectivity index (χ1) is 5.70. The summed E-state index contributed by atoms with van der Waals surface area (Å²) in [5.41, 5.74) is 1.60. The number of rotatable bonds is 0. The van der Waals surface area contributed by atoms with E-state index < -0.39 is 0 Å². The summed E-state index contributed by atoms with van der Waals surface area (Å²) in [6.45, 7) is 0. The van der Waals surface area contributed by atoms with Gasteiger partial charge in [-0.2, -0.15) is 0 Å². The van der Waals surface area contributed by atoms with E-state index in [2.05, 4.69) is 0 Å². The lowest BCUT2D eigenvalue weighted by atomic mass is 10.1. The van der Waals surface area contributed by atoms with E-state index in [1.807, 2.05) is 22.6 Å². The third-order valence-corrected chi connectivity index (χ3v) is 3.14. The molecule has 62 valence electrons. The molecule has 0 aromatic heterocycles. The Labute approximate surface area is 83.1 Å². The number of benzene rings is 1. The number of fused-ring (bicyclic) bond motifs is 1. The van der Waals surface area contributed by atoms with Gasteiger partial charge in [0.05, 0.1) is 3.57 Å². The lowest BCUT2D eigenvalue weighted by molar-refractivity contribution is 0.0993. The SMILES string of the molecule is O=C1CCc2ccc(F)c(I)c21. The highest BCUT2D eigenvalue weighted by atomic mass is 127. The zero-order chi connectivity index (χ0) is 8.72. The van der Waals surface area contributed by atoms with Crippen molar-refractivity contribution >= 4 is 28.4 Å². The van der Waals surface area contributed by atoms with Crippen LogP contribution in [0.15, 0.2) is 12.1 Å². The first-order valence-corrected chi connectivity index (χ1v) is 4.78. The standard InChI is InChI=1S/C9H6FIO/c10-6-3-1-5-2-4-7(12)8(5)9(6)11/h1,3H,2,4H2. The summed E-state index contributed by atoms with van der Waals surface area (Å²) >= 11 is 1.89. The number of carbonyl (C=O) groups excluding carboxylic acids is 1. The highest BCUT2D eigenvalue weighted by Gasteiger charge is 2.23. The van der Waals surface area contributed by atoms with Gasteiger partial charge in [-0.05, 0) is 40.6 Å². The van der Waals surface area contributed by atoms with E-state index in [1.54, 1.807) is 6.07 Å². The minimum atomic E-state index is -0.287. The number of ketones is 1. The molecule has 0 aliphatic heterocycles. The first kappa shape index (κ1) is 8.16. The molecule has 0 spiro atoms. The lowest BCUT2D eigenvalue weighted by Crippen LogP contribution is -1.97. The third kappa shape index (κ3) is 1.07. The topological polar surface area (TPSA) is 17.1 Å². The maximum atomic E-state index is 13.0. The van der Waals surface area contributed by atoms with Crippen LogP contribution in [0.2, 0.25) is 0 Å². The predicted molar refractivity (Wildman–Crippen MR) is 51.8 cm³/mol. The molecule has 12 heavy (non-hydrogen) atoms. The monoisotopic (exact) mass is 276 g/mol. The molecule has 0 amide bonds. The van der Waals surface area contributed by atoms with Gasteiger partial charge in [0.25, 0.3) is 0 Å². The Morgan fingerprint density at radius 2 is 2.08 bits per heavy atom. The molecule has 1 aliphatic carbocycles. The van der Waals surface area contributed by atoms with Gasteiger partial charge >= 0.3 is 0 Å². The molecular formula is C9H6FIO. The molecule has 0 saturated carbocycles. The van der Waals surface area contributed by atoms with Gasteiger partial charge in [0.2, 0.25) is 0 Å². The second-order valence-electron chi connectivity index (χ2n) is 2.82. The second-order valence-corrected chi connectivity index (χ2v) is 3.90. The van der Waals surface area contributed by atoms with Crippen molar-refractivity contribution in [3.05, 3.63) is 32.6 Å². The summed E-state index contributed by atoms with van der Waals surface area (Å²) in [4.78, 5) is 11.3. The van der Waals surface area contributed by atoms with Gasteiger partial charge in [0.1, 0.15) is 5.82 Å². The number of aryl methyl sites for hydroxylation is 1. The number of halogens is 2. The fraction of sp³-hybridized carbons (Fsp3) is 0.222. The van der Waals surface area contributed by atoms with Crippen LogP contribution in [-0.2, 0) is 6.42 Å². The molecule has 0 N–H and O–H groups in total. The number of Topliss-reactive ketones (excluding diaryl/α,β-unsaturated/α-hetero) is 1. The molecule has 1 aliphatic rings. The number of carbonyl (C=O) groups is 1. The molecule has 0 saturated heterocycles. The predicted octanol–water partition coefficient (Wildman–Crippen LogP) is 2.56. The van der Waals surface area contributed by atoms with Crippen LogP contribution in [0, 0.1) is 9.39 Å². The molecule has 3 heteroatoms. The molecule has 0 atom stereocenters. The quantitative estimate of drug-likeness (QED) is 0.665. The maximum Gasteiger partial charge on any atom is 0.164 e. The summed E-state index contributed by atoms with van der Waals surface area (Å²) in [7, 11) is 0. The van der Waals surface area contributed by atoms with Crippen molar-refractivity contribution in [3.63, 3.8) is 0 Å². The fourth-order valence-electron chi connectivity index (χ4n) is 1.47. The van der Waals surface area contributed by atoms with E-state index in [4.69, 9.17) is 0 Å². The van der Waals surface area contributed by atoms with Crippen LogP contribution < -0.4 is 0 Å². The van der Waals surface area contributed by atoms with E-state index in [-0.39, 0.29) is 11.6 Å². The van der Waals surface area contributed by atoms with Gasteiger partial charge in [-0.25, -0.2) is 4.39 Å². The largest absolute Gasteiger partial charge is 0.294 e. The smallest absolute Gasteiger partial charge is 0.164 e. The highest BCUT2D eigenvalue weighted by molar-refractivity contribution is 14.1. The molecule has 1 aromatic rings. The van der Waals surface area contributed by atoms with Crippen molar-refractivity contribution in [3.8, 4) is 0 Å². The van der Waals surface area contributed by atoms with Crippen molar-refractivity contribution in [1.82, 2.24) is 0 Å². The van der Waals surface area contributed by atoms with E-state index in [0.29, 0.717) is 15.6 Å². The Morgan fingerprint density at radius 1 is 1.33 bits per heavy atom. The summed E-state index contributed by atoms with van der Waals surface area (Å²) in [5, 5.41) is 0. The van der Waals surface area contributed by atoms with Gasteiger partial charge < -0.3 is 0 Å². The van der Waals surface area contributed by atoms with Gasteiger partial charge in [-0.3, -0.25) is 4.79 Å². The fourth-order valence-corrected chi connectivity index (χ4v) is 2.30. The first-order valence-electron chi connectivity index (χ1n) is 3.70. The second kappa shape index (κ2) is 2.80. The Bertz CT molecular complexity index is 360. The Kier molecular flexibility index (Phi) is 1.90. The normalized spacial score (nSPS) is 15.0. The number of hydrogen-bond acceptors (Lipinski definition) is 1. The van der Waals surface area contributed by atoms with Crippen molar-refractivity contribution in [2.75, 3.05) is 0 Å². The Balaban J connectivity index is 2.71. The van der Waals surface area contributed by atoms with E-state index in [1.165, 1.54) is 6.07 Å². The average Bonchev–Trinajstić information content (AvgIpc) is 2.41. The van der Waals surface area contributed by atoms with Crippen LogP contribution in [0.1, 0.15) is 22.3 Å². The van der Waals surface area contributed by atoms with Crippen LogP contribution >= 0.6 is 22.6 Å². The van der Waals surface area contributed by atoms with Gasteiger partial charge in [0, 0.05) is 12.0 Å².